The van der Waals surface area contributed by atoms with E-state index >= 15 is 0 Å². The summed E-state index contributed by atoms with van der Waals surface area (Å²) < 4.78 is 5.19. The van der Waals surface area contributed by atoms with Crippen LogP contribution in [0.5, 0.6) is 5.75 Å². The first-order valence-corrected chi connectivity index (χ1v) is 7.36. The topological polar surface area (TPSA) is 60.2 Å². The summed E-state index contributed by atoms with van der Waals surface area (Å²) in [4.78, 5) is 5.43. The van der Waals surface area contributed by atoms with Gasteiger partial charge in [-0.25, -0.2) is 0 Å². The maximum absolute atomic E-state index is 5.67. The number of aromatic nitrogens is 1. The van der Waals surface area contributed by atoms with Crippen molar-refractivity contribution in [1.82, 2.24) is 10.4 Å². The second kappa shape index (κ2) is 7.28. The Balaban J connectivity index is 2.07. The highest BCUT2D eigenvalue weighted by atomic mass is 32.2. The highest BCUT2D eigenvalue weighted by Gasteiger charge is 2.12. The minimum atomic E-state index is 0.0298. The Morgan fingerprint density at radius 2 is 2.15 bits per heavy atom. The van der Waals surface area contributed by atoms with Crippen LogP contribution in [0.15, 0.2) is 47.6 Å². The van der Waals surface area contributed by atoms with Gasteiger partial charge in [0.05, 0.1) is 19.3 Å². The highest BCUT2D eigenvalue weighted by molar-refractivity contribution is 7.99. The third-order valence-electron chi connectivity index (χ3n) is 3.07. The molecule has 0 amide bonds. The smallest absolute Gasteiger partial charge is 0.137 e. The number of nitrogens with one attached hydrogen (secondary N) is 1. The normalized spacial score (nSPS) is 12.2. The van der Waals surface area contributed by atoms with Gasteiger partial charge >= 0.3 is 0 Å². The number of ether oxygens (including phenoxy) is 1. The van der Waals surface area contributed by atoms with Gasteiger partial charge in [-0.3, -0.25) is 16.3 Å². The van der Waals surface area contributed by atoms with Crippen LogP contribution in [0.1, 0.15) is 17.2 Å². The molecule has 106 valence electrons. The lowest BCUT2D eigenvalue weighted by Gasteiger charge is -2.16. The molecule has 1 heterocycles. The third-order valence-corrected chi connectivity index (χ3v) is 4.34. The van der Waals surface area contributed by atoms with Gasteiger partial charge in [0.1, 0.15) is 5.75 Å². The standard InChI is InChI=1S/C15H19N3OS/c1-11-5-3-4-6-15(11)20-10-14(18-16)12-7-13(19-2)9-17-8-12/h3-9,14,18H,10,16H2,1-2H3. The van der Waals surface area contributed by atoms with Gasteiger partial charge in [0, 0.05) is 16.8 Å². The SMILES string of the molecule is COc1cncc(C(CSc2ccccc2C)NN)c1. The van der Waals surface area contributed by atoms with Crippen LogP contribution in [0.2, 0.25) is 0 Å². The Bertz CT molecular complexity index is 562. The van der Waals surface area contributed by atoms with Gasteiger partial charge in [-0.1, -0.05) is 18.2 Å². The van der Waals surface area contributed by atoms with E-state index in [2.05, 4.69) is 29.5 Å². The van der Waals surface area contributed by atoms with Gasteiger partial charge in [-0.15, -0.1) is 11.8 Å². The number of methoxy groups -OCH3 is 1. The summed E-state index contributed by atoms with van der Waals surface area (Å²) >= 11 is 1.78. The first kappa shape index (κ1) is 14.8. The van der Waals surface area contributed by atoms with Crippen molar-refractivity contribution in [3.63, 3.8) is 0 Å². The molecule has 0 radical (unpaired) electrons. The average Bonchev–Trinajstić information content (AvgIpc) is 2.50. The van der Waals surface area contributed by atoms with Crippen molar-refractivity contribution in [3.05, 3.63) is 53.9 Å². The van der Waals surface area contributed by atoms with Crippen LogP contribution in [0, 0.1) is 6.92 Å². The summed E-state index contributed by atoms with van der Waals surface area (Å²) in [6, 6.07) is 10.3. The van der Waals surface area contributed by atoms with E-state index in [0.717, 1.165) is 17.1 Å². The molecule has 0 spiro atoms. The molecule has 0 aliphatic rings. The van der Waals surface area contributed by atoms with Gasteiger partial charge in [0.2, 0.25) is 0 Å². The summed E-state index contributed by atoms with van der Waals surface area (Å²) in [6.45, 7) is 2.11. The van der Waals surface area contributed by atoms with E-state index in [0.29, 0.717) is 0 Å². The van der Waals surface area contributed by atoms with E-state index in [4.69, 9.17) is 10.6 Å². The fraction of sp³-hybridized carbons (Fsp3) is 0.267. The second-order valence-electron chi connectivity index (χ2n) is 4.45. The molecule has 0 saturated carbocycles. The number of benzene rings is 1. The number of hydrazine groups is 1. The first-order chi connectivity index (χ1) is 9.74. The maximum Gasteiger partial charge on any atom is 0.137 e. The van der Waals surface area contributed by atoms with Crippen LogP contribution in [-0.4, -0.2) is 17.8 Å². The summed E-state index contributed by atoms with van der Waals surface area (Å²) in [5, 5.41) is 0. The van der Waals surface area contributed by atoms with Crippen molar-refractivity contribution in [1.29, 1.82) is 0 Å². The summed E-state index contributed by atoms with van der Waals surface area (Å²) in [7, 11) is 1.63. The van der Waals surface area contributed by atoms with Crippen LogP contribution in [0.4, 0.5) is 0 Å². The lowest BCUT2D eigenvalue weighted by atomic mass is 10.1. The molecule has 20 heavy (non-hydrogen) atoms. The predicted octanol–water partition coefficient (Wildman–Crippen LogP) is 2.70. The molecule has 1 aromatic heterocycles. The molecular formula is C15H19N3OS. The largest absolute Gasteiger partial charge is 0.495 e. The lowest BCUT2D eigenvalue weighted by molar-refractivity contribution is 0.411. The van der Waals surface area contributed by atoms with Gasteiger partial charge in [0.15, 0.2) is 0 Å². The molecule has 2 aromatic rings. The highest BCUT2D eigenvalue weighted by Crippen LogP contribution is 2.27. The molecule has 0 fully saturated rings. The molecule has 3 N–H and O–H groups in total. The summed E-state index contributed by atoms with van der Waals surface area (Å²) in [5.74, 6) is 7.24. The number of nitrogens with zero attached hydrogens (tertiary/aromatic N) is 1. The number of thioether (sulfide) groups is 1. The van der Waals surface area contributed by atoms with Crippen molar-refractivity contribution in [3.8, 4) is 5.75 Å². The lowest BCUT2D eigenvalue weighted by Crippen LogP contribution is -2.29. The number of hydrogen-bond donors (Lipinski definition) is 2. The Morgan fingerprint density at radius 1 is 1.35 bits per heavy atom. The molecule has 0 aliphatic heterocycles. The molecule has 1 atom stereocenters. The zero-order valence-electron chi connectivity index (χ0n) is 11.7. The predicted molar refractivity (Wildman–Crippen MR) is 82.8 cm³/mol. The van der Waals surface area contributed by atoms with Crippen molar-refractivity contribution in [2.75, 3.05) is 12.9 Å². The minimum Gasteiger partial charge on any atom is -0.495 e. The molecular weight excluding hydrogens is 270 g/mol. The Morgan fingerprint density at radius 3 is 2.85 bits per heavy atom. The molecule has 0 bridgehead atoms. The molecule has 4 nitrogen and oxygen atoms in total. The van der Waals surface area contributed by atoms with Crippen molar-refractivity contribution < 1.29 is 4.74 Å². The van der Waals surface area contributed by atoms with Crippen molar-refractivity contribution in [2.45, 2.75) is 17.9 Å². The van der Waals surface area contributed by atoms with E-state index in [9.17, 15) is 0 Å². The molecule has 1 aromatic carbocycles. The zero-order chi connectivity index (χ0) is 14.4. The molecule has 0 saturated heterocycles. The van der Waals surface area contributed by atoms with E-state index in [1.165, 1.54) is 10.5 Å². The van der Waals surface area contributed by atoms with Crippen LogP contribution >= 0.6 is 11.8 Å². The minimum absolute atomic E-state index is 0.0298. The van der Waals surface area contributed by atoms with Gasteiger partial charge < -0.3 is 4.74 Å². The number of pyridine rings is 1. The van der Waals surface area contributed by atoms with Gasteiger partial charge in [-0.05, 0) is 30.2 Å². The van der Waals surface area contributed by atoms with E-state index in [-0.39, 0.29) is 6.04 Å². The van der Waals surface area contributed by atoms with Gasteiger partial charge in [0.25, 0.3) is 0 Å². The number of rotatable bonds is 6. The van der Waals surface area contributed by atoms with Crippen molar-refractivity contribution >= 4 is 11.8 Å². The van der Waals surface area contributed by atoms with E-state index in [1.54, 1.807) is 25.1 Å². The third kappa shape index (κ3) is 3.72. The molecule has 0 aliphatic carbocycles. The summed E-state index contributed by atoms with van der Waals surface area (Å²) in [5.41, 5.74) is 5.14. The van der Waals surface area contributed by atoms with Crippen molar-refractivity contribution in [2.24, 2.45) is 5.84 Å². The van der Waals surface area contributed by atoms with Crippen LogP contribution < -0.4 is 16.0 Å². The molecule has 5 heteroatoms. The maximum atomic E-state index is 5.67. The zero-order valence-corrected chi connectivity index (χ0v) is 12.5. The van der Waals surface area contributed by atoms with E-state index < -0.39 is 0 Å². The fourth-order valence-corrected chi connectivity index (χ4v) is 2.98. The number of nitrogens with two attached hydrogens (primary N) is 1. The first-order valence-electron chi connectivity index (χ1n) is 6.38. The fourth-order valence-electron chi connectivity index (χ4n) is 1.87. The molecule has 1 unspecified atom stereocenters. The number of aryl methyl sites for hydroxylation is 1. The average molecular weight is 289 g/mol. The Labute approximate surface area is 123 Å². The van der Waals surface area contributed by atoms with Crippen LogP contribution in [0.25, 0.3) is 0 Å². The Hall–Kier alpha value is -1.56. The second-order valence-corrected chi connectivity index (χ2v) is 5.52. The van der Waals surface area contributed by atoms with Crippen LogP contribution in [0.3, 0.4) is 0 Å². The monoisotopic (exact) mass is 289 g/mol. The summed E-state index contributed by atoms with van der Waals surface area (Å²) in [6.07, 6.45) is 3.50. The van der Waals surface area contributed by atoms with E-state index in [1.807, 2.05) is 24.4 Å². The van der Waals surface area contributed by atoms with Gasteiger partial charge in [-0.2, -0.15) is 0 Å². The van der Waals surface area contributed by atoms with Crippen LogP contribution in [-0.2, 0) is 0 Å². The molecule has 2 rings (SSSR count). The quantitative estimate of drug-likeness (QED) is 0.486. The number of hydrogen-bond acceptors (Lipinski definition) is 5. The Kier molecular flexibility index (Phi) is 5.40.